The number of amides is 3. The maximum Gasteiger partial charge on any atom is 0.433 e. The topological polar surface area (TPSA) is 159 Å². The highest BCUT2D eigenvalue weighted by Crippen LogP contribution is 2.27. The van der Waals surface area contributed by atoms with Gasteiger partial charge in [0.25, 0.3) is 11.8 Å². The first-order valence-electron chi connectivity index (χ1n) is 14.0. The highest BCUT2D eigenvalue weighted by atomic mass is 19.4. The maximum absolute atomic E-state index is 13.0. The van der Waals surface area contributed by atoms with Crippen molar-refractivity contribution in [3.8, 4) is 0 Å². The lowest BCUT2D eigenvalue weighted by atomic mass is 9.98. The van der Waals surface area contributed by atoms with Crippen molar-refractivity contribution >= 4 is 35.1 Å². The van der Waals surface area contributed by atoms with Crippen molar-refractivity contribution in [1.29, 1.82) is 0 Å². The lowest BCUT2D eigenvalue weighted by Crippen LogP contribution is -2.55. The lowest BCUT2D eigenvalue weighted by molar-refractivity contribution is -0.141. The summed E-state index contributed by atoms with van der Waals surface area (Å²) < 4.78 is 38.6. The summed E-state index contributed by atoms with van der Waals surface area (Å²) in [6, 6.07) is 13.9. The van der Waals surface area contributed by atoms with E-state index in [4.69, 9.17) is 5.73 Å². The zero-order chi connectivity index (χ0) is 33.7. The summed E-state index contributed by atoms with van der Waals surface area (Å²) in [7, 11) is 3.89. The Labute approximate surface area is 264 Å². The predicted octanol–water partition coefficient (Wildman–Crippen LogP) is 3.56. The first-order chi connectivity index (χ1) is 21.9. The number of halogens is 3. The minimum atomic E-state index is -4.73. The largest absolute Gasteiger partial charge is 0.433 e. The van der Waals surface area contributed by atoms with E-state index in [0.717, 1.165) is 12.7 Å². The SMILES string of the molecule is CCN1C(=O)C(NC(=O)c2nccc(C(F)(F)F)n2)C/C(=C/N)C1=Nc1ccccc1.CN(C)C/C=C/C(=O)Nc1ccccn1. The zero-order valence-electron chi connectivity index (χ0n) is 25.4. The van der Waals surface area contributed by atoms with Gasteiger partial charge in [0.15, 0.2) is 0 Å². The van der Waals surface area contributed by atoms with Crippen LogP contribution in [-0.2, 0) is 15.8 Å². The lowest BCUT2D eigenvalue weighted by Gasteiger charge is -2.34. The number of carbonyl (C=O) groups is 3. The number of aromatic nitrogens is 3. The second-order valence-corrected chi connectivity index (χ2v) is 9.91. The number of pyridine rings is 1. The minimum absolute atomic E-state index is 0.0161. The fraction of sp³-hybridized carbons (Fsp3) is 0.258. The molecule has 12 nitrogen and oxygen atoms in total. The van der Waals surface area contributed by atoms with Gasteiger partial charge in [-0.25, -0.2) is 19.9 Å². The highest BCUT2D eigenvalue weighted by molar-refractivity contribution is 6.13. The molecule has 4 N–H and O–H groups in total. The molecule has 3 heterocycles. The van der Waals surface area contributed by atoms with Crippen LogP contribution in [0.15, 0.2) is 95.9 Å². The second-order valence-electron chi connectivity index (χ2n) is 9.91. The molecule has 0 bridgehead atoms. The number of piperidine rings is 1. The fourth-order valence-electron chi connectivity index (χ4n) is 4.01. The normalized spacial score (nSPS) is 16.8. The van der Waals surface area contributed by atoms with Crippen molar-refractivity contribution in [3.63, 3.8) is 0 Å². The summed E-state index contributed by atoms with van der Waals surface area (Å²) in [5.41, 5.74) is 5.60. The number of rotatable bonds is 8. The Balaban J connectivity index is 0.000000322. The van der Waals surface area contributed by atoms with Gasteiger partial charge in [-0.05, 0) is 51.4 Å². The maximum atomic E-state index is 13.0. The highest BCUT2D eigenvalue weighted by Gasteiger charge is 2.37. The summed E-state index contributed by atoms with van der Waals surface area (Å²) in [6.45, 7) is 2.72. The third-order valence-electron chi connectivity index (χ3n) is 6.15. The molecular formula is C31H34F3N9O3. The van der Waals surface area contributed by atoms with E-state index >= 15 is 0 Å². The molecule has 4 rings (SSSR count). The third-order valence-corrected chi connectivity index (χ3v) is 6.15. The summed E-state index contributed by atoms with van der Waals surface area (Å²) in [5.74, 6) is -1.40. The Bertz CT molecular complexity index is 1580. The average Bonchev–Trinajstić information content (AvgIpc) is 3.03. The number of carbonyl (C=O) groups excluding carboxylic acids is 3. The van der Waals surface area contributed by atoms with Crippen LogP contribution < -0.4 is 16.4 Å². The number of hydrogen-bond acceptors (Lipinski definition) is 9. The van der Waals surface area contributed by atoms with Crippen LogP contribution in [0.1, 0.15) is 29.7 Å². The molecule has 1 aromatic carbocycles. The van der Waals surface area contributed by atoms with Crippen molar-refractivity contribution in [3.05, 3.63) is 102 Å². The summed E-state index contributed by atoms with van der Waals surface area (Å²) >= 11 is 0. The van der Waals surface area contributed by atoms with E-state index in [-0.39, 0.29) is 18.9 Å². The molecule has 46 heavy (non-hydrogen) atoms. The number of para-hydroxylation sites is 1. The van der Waals surface area contributed by atoms with E-state index in [1.54, 1.807) is 55.6 Å². The molecule has 0 radical (unpaired) electrons. The standard InChI is InChI=1S/C20H19F3N6O2.C11H15N3O/c1-2-29-17(26-13-6-4-3-5-7-13)12(11-24)10-14(19(29)31)27-18(30)16-25-9-8-15(28-16)20(21,22)23;1-14(2)9-5-7-11(15)13-10-6-3-4-8-12-10/h3-9,11,14H,2,10,24H2,1H3,(H,27,30);3-8H,9H2,1-2H3,(H,12,13,15)/b12-11-,26-17?;7-5+. The van der Waals surface area contributed by atoms with Gasteiger partial charge in [-0.2, -0.15) is 13.2 Å². The van der Waals surface area contributed by atoms with Crippen LogP contribution in [0.4, 0.5) is 24.7 Å². The van der Waals surface area contributed by atoms with Gasteiger partial charge in [0, 0.05) is 49.8 Å². The number of hydrogen-bond donors (Lipinski definition) is 3. The first kappa shape index (κ1) is 35.0. The molecule has 0 spiro atoms. The van der Waals surface area contributed by atoms with Crippen LogP contribution in [-0.4, -0.2) is 81.5 Å². The molecule has 3 aromatic rings. The molecule has 1 aliphatic heterocycles. The quantitative estimate of drug-likeness (QED) is 0.317. The number of nitrogens with zero attached hydrogens (tertiary/aromatic N) is 6. The van der Waals surface area contributed by atoms with Crippen LogP contribution in [0.3, 0.4) is 0 Å². The molecular weight excluding hydrogens is 603 g/mol. The summed E-state index contributed by atoms with van der Waals surface area (Å²) in [6.07, 6.45) is 2.36. The van der Waals surface area contributed by atoms with E-state index in [9.17, 15) is 27.6 Å². The van der Waals surface area contributed by atoms with E-state index in [1.165, 1.54) is 17.2 Å². The number of alkyl halides is 3. The van der Waals surface area contributed by atoms with Crippen LogP contribution in [0.2, 0.25) is 0 Å². The summed E-state index contributed by atoms with van der Waals surface area (Å²) in [5, 5.41) is 5.06. The molecule has 242 valence electrons. The van der Waals surface area contributed by atoms with Gasteiger partial charge in [-0.15, -0.1) is 0 Å². The van der Waals surface area contributed by atoms with Crippen LogP contribution >= 0.6 is 0 Å². The monoisotopic (exact) mass is 637 g/mol. The number of anilines is 1. The van der Waals surface area contributed by atoms with E-state index < -0.39 is 35.6 Å². The van der Waals surface area contributed by atoms with Crippen LogP contribution in [0, 0.1) is 0 Å². The van der Waals surface area contributed by atoms with Gasteiger partial charge in [0.05, 0.1) is 5.69 Å². The molecule has 2 aromatic heterocycles. The molecule has 1 fully saturated rings. The molecule has 1 saturated heterocycles. The number of nitrogens with two attached hydrogens (primary N) is 1. The van der Waals surface area contributed by atoms with Crippen molar-refractivity contribution in [1.82, 2.24) is 30.1 Å². The molecule has 15 heteroatoms. The van der Waals surface area contributed by atoms with E-state index in [1.807, 2.05) is 31.1 Å². The Morgan fingerprint density at radius 3 is 2.41 bits per heavy atom. The van der Waals surface area contributed by atoms with Gasteiger partial charge in [-0.1, -0.05) is 30.3 Å². The molecule has 1 unspecified atom stereocenters. The van der Waals surface area contributed by atoms with Crippen LogP contribution in [0.25, 0.3) is 0 Å². The Kier molecular flexibility index (Phi) is 12.6. The van der Waals surface area contributed by atoms with Crippen molar-refractivity contribution < 1.29 is 27.6 Å². The Morgan fingerprint density at radius 2 is 1.80 bits per heavy atom. The average molecular weight is 638 g/mol. The third kappa shape index (κ3) is 10.3. The Morgan fingerprint density at radius 1 is 1.09 bits per heavy atom. The first-order valence-corrected chi connectivity index (χ1v) is 14.0. The Hall–Kier alpha value is -5.44. The molecule has 1 atom stereocenters. The predicted molar refractivity (Wildman–Crippen MR) is 167 cm³/mol. The number of amidine groups is 1. The van der Waals surface area contributed by atoms with Gasteiger partial charge < -0.3 is 21.3 Å². The van der Waals surface area contributed by atoms with Gasteiger partial charge >= 0.3 is 6.18 Å². The van der Waals surface area contributed by atoms with Crippen molar-refractivity contribution in [2.45, 2.75) is 25.6 Å². The second kappa shape index (κ2) is 16.6. The van der Waals surface area contributed by atoms with Gasteiger partial charge in [-0.3, -0.25) is 19.3 Å². The fourth-order valence-corrected chi connectivity index (χ4v) is 4.01. The molecule has 0 aliphatic carbocycles. The zero-order valence-corrected chi connectivity index (χ0v) is 25.4. The van der Waals surface area contributed by atoms with Crippen molar-refractivity contribution in [2.24, 2.45) is 10.7 Å². The van der Waals surface area contributed by atoms with Gasteiger partial charge in [0.1, 0.15) is 23.4 Å². The molecule has 1 aliphatic rings. The number of likely N-dealkylation sites (N-methyl/N-ethyl adjacent to an activating group) is 2. The minimum Gasteiger partial charge on any atom is -0.404 e. The number of aliphatic imine (C=N–C) groups is 1. The van der Waals surface area contributed by atoms with Gasteiger partial charge in [0.2, 0.25) is 11.7 Å². The number of nitrogens with one attached hydrogen (secondary N) is 2. The number of benzene rings is 1. The molecule has 0 saturated carbocycles. The molecule has 3 amide bonds. The van der Waals surface area contributed by atoms with Crippen molar-refractivity contribution in [2.75, 3.05) is 32.5 Å². The van der Waals surface area contributed by atoms with E-state index in [2.05, 4.69) is 30.6 Å². The number of likely N-dealkylation sites (tertiary alicyclic amines) is 1. The van der Waals surface area contributed by atoms with Crippen LogP contribution in [0.5, 0.6) is 0 Å². The van der Waals surface area contributed by atoms with E-state index in [0.29, 0.717) is 29.0 Å². The smallest absolute Gasteiger partial charge is 0.404 e. The summed E-state index contributed by atoms with van der Waals surface area (Å²) in [4.78, 5) is 55.4.